The first-order chi connectivity index (χ1) is 16.7. The summed E-state index contributed by atoms with van der Waals surface area (Å²) in [5, 5.41) is 7.00. The highest BCUT2D eigenvalue weighted by molar-refractivity contribution is 5.92. The van der Waals surface area contributed by atoms with Crippen molar-refractivity contribution in [2.45, 2.75) is 63.2 Å². The van der Waals surface area contributed by atoms with Crippen molar-refractivity contribution in [3.8, 4) is 0 Å². The van der Waals surface area contributed by atoms with Gasteiger partial charge >= 0.3 is 0 Å². The molecule has 0 spiro atoms. The Morgan fingerprint density at radius 1 is 0.559 bits per heavy atom. The van der Waals surface area contributed by atoms with Crippen LogP contribution in [-0.2, 0) is 9.59 Å². The van der Waals surface area contributed by atoms with E-state index in [1.807, 2.05) is 36.4 Å². The predicted octanol–water partition coefficient (Wildman–Crippen LogP) is 5.79. The third-order valence-corrected chi connectivity index (χ3v) is 6.85. The molecule has 0 amide bonds. The van der Waals surface area contributed by atoms with Gasteiger partial charge in [-0.15, -0.1) is 0 Å². The fraction of sp³-hybridized carbons (Fsp3) is 0.400. The van der Waals surface area contributed by atoms with E-state index in [4.69, 9.17) is 0 Å². The van der Waals surface area contributed by atoms with Crippen molar-refractivity contribution < 1.29 is 9.59 Å². The molecule has 0 heterocycles. The molecule has 0 aromatic heterocycles. The second-order valence-corrected chi connectivity index (χ2v) is 9.57. The third kappa shape index (κ3) is 7.18. The van der Waals surface area contributed by atoms with Crippen LogP contribution in [0.15, 0.2) is 84.2 Å². The van der Waals surface area contributed by atoms with Crippen molar-refractivity contribution in [2.24, 2.45) is 0 Å². The summed E-state index contributed by atoms with van der Waals surface area (Å²) < 4.78 is 0. The van der Waals surface area contributed by atoms with Crippen LogP contribution in [-0.4, -0.2) is 24.7 Å². The summed E-state index contributed by atoms with van der Waals surface area (Å²) in [6.07, 6.45) is 11.1. The van der Waals surface area contributed by atoms with E-state index in [-0.39, 0.29) is 23.4 Å². The summed E-state index contributed by atoms with van der Waals surface area (Å²) in [6.45, 7) is 1.82. The molecule has 34 heavy (non-hydrogen) atoms. The first-order valence-electron chi connectivity index (χ1n) is 12.7. The lowest BCUT2D eigenvalue weighted by Gasteiger charge is -2.23. The maximum atomic E-state index is 12.2. The van der Waals surface area contributed by atoms with Crippen LogP contribution in [0.1, 0.15) is 74.3 Å². The molecule has 178 valence electrons. The zero-order valence-electron chi connectivity index (χ0n) is 20.0. The molecule has 0 saturated carbocycles. The van der Waals surface area contributed by atoms with Gasteiger partial charge in [-0.25, -0.2) is 0 Å². The number of unbranched alkanes of at least 4 members (excludes halogenated alkanes) is 3. The predicted molar refractivity (Wildman–Crippen MR) is 137 cm³/mol. The van der Waals surface area contributed by atoms with Crippen molar-refractivity contribution in [1.82, 2.24) is 10.6 Å². The van der Waals surface area contributed by atoms with Gasteiger partial charge in [0.1, 0.15) is 0 Å². The van der Waals surface area contributed by atoms with Gasteiger partial charge in [0, 0.05) is 49.5 Å². The van der Waals surface area contributed by atoms with Crippen molar-refractivity contribution in [3.05, 3.63) is 95.3 Å². The van der Waals surface area contributed by atoms with Crippen LogP contribution in [0.2, 0.25) is 0 Å². The van der Waals surface area contributed by atoms with E-state index < -0.39 is 0 Å². The van der Waals surface area contributed by atoms with Gasteiger partial charge in [-0.2, -0.15) is 0 Å². The van der Waals surface area contributed by atoms with Gasteiger partial charge in [-0.3, -0.25) is 9.59 Å². The van der Waals surface area contributed by atoms with Crippen molar-refractivity contribution in [2.75, 3.05) is 13.1 Å². The highest BCUT2D eigenvalue weighted by Crippen LogP contribution is 2.31. The van der Waals surface area contributed by atoms with Gasteiger partial charge in [0.05, 0.1) is 0 Å². The third-order valence-electron chi connectivity index (χ3n) is 6.85. The standard InChI is InChI=1S/C30H36N2O2/c33-29-19-25(23-11-5-3-6-12-23)17-27(21-29)31-15-9-1-2-10-16-32-28-18-26(20-30(34)22-28)24-13-7-4-8-14-24/h3-8,11-14,21-22,25-26,31-32H,1-2,9-10,15-20H2/t25-,26+. The Labute approximate surface area is 203 Å². The lowest BCUT2D eigenvalue weighted by molar-refractivity contribution is -0.116. The number of carbonyl (C=O) groups excluding carboxylic acids is 2. The SMILES string of the molecule is O=C1C=C(NCCCCCCNC2=CC(=O)C[C@H](c3ccccc3)C2)C[C@H](c2ccccc2)C1. The van der Waals surface area contributed by atoms with E-state index in [2.05, 4.69) is 34.9 Å². The second-order valence-electron chi connectivity index (χ2n) is 9.57. The minimum absolute atomic E-state index is 0.221. The fourth-order valence-electron chi connectivity index (χ4n) is 5.05. The Morgan fingerprint density at radius 3 is 1.38 bits per heavy atom. The lowest BCUT2D eigenvalue weighted by atomic mass is 9.85. The Hall–Kier alpha value is -3.14. The minimum atomic E-state index is 0.221. The monoisotopic (exact) mass is 456 g/mol. The van der Waals surface area contributed by atoms with Crippen LogP contribution in [0.3, 0.4) is 0 Å². The van der Waals surface area contributed by atoms with Gasteiger partial charge in [0.25, 0.3) is 0 Å². The Kier molecular flexibility index (Phi) is 8.72. The normalized spacial score (nSPS) is 20.5. The maximum Gasteiger partial charge on any atom is 0.158 e. The number of benzene rings is 2. The van der Waals surface area contributed by atoms with Crippen LogP contribution in [0, 0.1) is 0 Å². The zero-order chi connectivity index (χ0) is 23.6. The minimum Gasteiger partial charge on any atom is -0.388 e. The lowest BCUT2D eigenvalue weighted by Crippen LogP contribution is -2.23. The number of ketones is 2. The van der Waals surface area contributed by atoms with Gasteiger partial charge < -0.3 is 10.6 Å². The summed E-state index contributed by atoms with van der Waals surface area (Å²) in [6, 6.07) is 20.7. The van der Waals surface area contributed by atoms with Crippen molar-refractivity contribution in [1.29, 1.82) is 0 Å². The average molecular weight is 457 g/mol. The van der Waals surface area contributed by atoms with E-state index in [1.165, 1.54) is 11.1 Å². The molecular weight excluding hydrogens is 420 g/mol. The highest BCUT2D eigenvalue weighted by Gasteiger charge is 2.22. The summed E-state index contributed by atoms with van der Waals surface area (Å²) >= 11 is 0. The number of allylic oxidation sites excluding steroid dienone is 4. The molecule has 0 radical (unpaired) electrons. The first-order valence-corrected chi connectivity index (χ1v) is 12.7. The molecule has 4 rings (SSSR count). The molecular formula is C30H36N2O2. The van der Waals surface area contributed by atoms with Crippen LogP contribution in [0.25, 0.3) is 0 Å². The van der Waals surface area contributed by atoms with E-state index in [1.54, 1.807) is 12.2 Å². The largest absolute Gasteiger partial charge is 0.388 e. The zero-order valence-corrected chi connectivity index (χ0v) is 20.0. The quantitative estimate of drug-likeness (QED) is 0.420. The molecule has 2 aromatic carbocycles. The molecule has 2 atom stereocenters. The van der Waals surface area contributed by atoms with Crippen LogP contribution >= 0.6 is 0 Å². The molecule has 2 aromatic rings. The number of rotatable bonds is 11. The summed E-state index contributed by atoms with van der Waals surface area (Å²) in [4.78, 5) is 24.3. The molecule has 0 unspecified atom stereocenters. The van der Waals surface area contributed by atoms with Gasteiger partial charge in [0.2, 0.25) is 0 Å². The van der Waals surface area contributed by atoms with Crippen LogP contribution in [0.4, 0.5) is 0 Å². The summed E-state index contributed by atoms with van der Waals surface area (Å²) in [5.74, 6) is 1.02. The number of nitrogens with one attached hydrogen (secondary N) is 2. The van der Waals surface area contributed by atoms with Gasteiger partial charge in [0.15, 0.2) is 11.6 Å². The molecule has 0 aliphatic heterocycles. The average Bonchev–Trinajstić information content (AvgIpc) is 2.86. The molecule has 2 aliphatic carbocycles. The highest BCUT2D eigenvalue weighted by atomic mass is 16.1. The van der Waals surface area contributed by atoms with E-state index in [0.717, 1.165) is 63.0 Å². The van der Waals surface area contributed by atoms with E-state index >= 15 is 0 Å². The van der Waals surface area contributed by atoms with Crippen molar-refractivity contribution >= 4 is 11.6 Å². The van der Waals surface area contributed by atoms with Crippen LogP contribution < -0.4 is 10.6 Å². The van der Waals surface area contributed by atoms with Crippen LogP contribution in [0.5, 0.6) is 0 Å². The van der Waals surface area contributed by atoms with Crippen molar-refractivity contribution in [3.63, 3.8) is 0 Å². The van der Waals surface area contributed by atoms with E-state index in [9.17, 15) is 9.59 Å². The topological polar surface area (TPSA) is 58.2 Å². The molecule has 4 heteroatoms. The molecule has 0 fully saturated rings. The Morgan fingerprint density at radius 2 is 0.971 bits per heavy atom. The van der Waals surface area contributed by atoms with Gasteiger partial charge in [-0.05, 0) is 48.6 Å². The Balaban J connectivity index is 1.10. The smallest absolute Gasteiger partial charge is 0.158 e. The molecule has 2 N–H and O–H groups in total. The molecule has 0 bridgehead atoms. The number of carbonyl (C=O) groups is 2. The number of hydrogen-bond acceptors (Lipinski definition) is 4. The fourth-order valence-corrected chi connectivity index (χ4v) is 5.05. The molecule has 4 nitrogen and oxygen atoms in total. The number of hydrogen-bond donors (Lipinski definition) is 2. The Bertz CT molecular complexity index is 927. The van der Waals surface area contributed by atoms with Gasteiger partial charge in [-0.1, -0.05) is 73.5 Å². The molecule has 2 aliphatic rings. The molecule has 0 saturated heterocycles. The van der Waals surface area contributed by atoms with E-state index in [0.29, 0.717) is 12.8 Å². The first kappa shape index (κ1) is 24.0. The second kappa shape index (κ2) is 12.4. The summed E-state index contributed by atoms with van der Waals surface area (Å²) in [7, 11) is 0. The maximum absolute atomic E-state index is 12.2. The summed E-state index contributed by atoms with van der Waals surface area (Å²) in [5.41, 5.74) is 4.66.